The molecule has 0 saturated heterocycles. The van der Waals surface area contributed by atoms with Crippen LogP contribution in [0.15, 0.2) is 18.5 Å². The molecule has 0 aromatic carbocycles. The largest absolute Gasteiger partial charge is 0.381 e. The molecule has 0 atom stereocenters. The van der Waals surface area contributed by atoms with Crippen molar-refractivity contribution in [1.82, 2.24) is 4.98 Å². The van der Waals surface area contributed by atoms with Gasteiger partial charge in [-0.1, -0.05) is 0 Å². The van der Waals surface area contributed by atoms with Crippen molar-refractivity contribution >= 4 is 5.69 Å². The van der Waals surface area contributed by atoms with Crippen LogP contribution in [-0.4, -0.2) is 18.1 Å². The van der Waals surface area contributed by atoms with Crippen molar-refractivity contribution in [1.29, 1.82) is 0 Å². The first-order chi connectivity index (χ1) is 5.34. The van der Waals surface area contributed by atoms with Crippen molar-refractivity contribution in [3.05, 3.63) is 24.3 Å². The number of rotatable bonds is 3. The third kappa shape index (κ3) is 2.16. The Kier molecular flexibility index (Phi) is 2.80. The maximum Gasteiger partial charge on any atom is 0.164 e. The Labute approximate surface area is 64.4 Å². The van der Waals surface area contributed by atoms with Crippen LogP contribution in [0.3, 0.4) is 0 Å². The van der Waals surface area contributed by atoms with Crippen LogP contribution in [0.1, 0.15) is 0 Å². The van der Waals surface area contributed by atoms with Gasteiger partial charge < -0.3 is 11.1 Å². The molecule has 0 saturated carbocycles. The molecule has 1 aromatic heterocycles. The van der Waals surface area contributed by atoms with E-state index in [2.05, 4.69) is 10.3 Å². The first-order valence-corrected chi connectivity index (χ1v) is 3.38. The lowest BCUT2D eigenvalue weighted by Gasteiger charge is -2.03. The molecular formula is C7H10FN3. The molecule has 0 aliphatic heterocycles. The van der Waals surface area contributed by atoms with E-state index in [0.717, 1.165) is 0 Å². The number of halogens is 1. The highest BCUT2D eigenvalue weighted by Crippen LogP contribution is 2.09. The van der Waals surface area contributed by atoms with E-state index in [9.17, 15) is 4.39 Å². The molecule has 0 bridgehead atoms. The summed E-state index contributed by atoms with van der Waals surface area (Å²) in [5.74, 6) is -0.346. The number of nitrogens with one attached hydrogen (secondary N) is 1. The van der Waals surface area contributed by atoms with E-state index in [1.165, 1.54) is 12.4 Å². The van der Waals surface area contributed by atoms with Gasteiger partial charge in [-0.15, -0.1) is 0 Å². The quantitative estimate of drug-likeness (QED) is 0.671. The van der Waals surface area contributed by atoms with Crippen molar-refractivity contribution < 1.29 is 4.39 Å². The zero-order valence-corrected chi connectivity index (χ0v) is 6.05. The Morgan fingerprint density at radius 3 is 3.09 bits per heavy atom. The van der Waals surface area contributed by atoms with Crippen molar-refractivity contribution in [2.45, 2.75) is 0 Å². The fourth-order valence-electron chi connectivity index (χ4n) is 0.725. The zero-order valence-electron chi connectivity index (χ0n) is 6.05. The van der Waals surface area contributed by atoms with Crippen LogP contribution in [0, 0.1) is 5.82 Å². The van der Waals surface area contributed by atoms with Gasteiger partial charge in [-0.05, 0) is 6.07 Å². The van der Waals surface area contributed by atoms with Crippen molar-refractivity contribution in [2.24, 2.45) is 5.73 Å². The fourth-order valence-corrected chi connectivity index (χ4v) is 0.725. The predicted molar refractivity (Wildman–Crippen MR) is 41.7 cm³/mol. The summed E-state index contributed by atoms with van der Waals surface area (Å²) in [7, 11) is 0. The van der Waals surface area contributed by atoms with E-state index in [1.807, 2.05) is 0 Å². The van der Waals surface area contributed by atoms with Crippen LogP contribution in [0.25, 0.3) is 0 Å². The average Bonchev–Trinajstić information content (AvgIpc) is 2.03. The van der Waals surface area contributed by atoms with Gasteiger partial charge in [0.05, 0.1) is 11.9 Å². The number of nitrogens with two attached hydrogens (primary N) is 1. The normalized spacial score (nSPS) is 9.64. The maximum atomic E-state index is 12.7. The highest BCUT2D eigenvalue weighted by Gasteiger charge is 1.97. The lowest BCUT2D eigenvalue weighted by atomic mass is 10.4. The molecule has 3 nitrogen and oxygen atoms in total. The number of pyridine rings is 1. The summed E-state index contributed by atoms with van der Waals surface area (Å²) in [6.45, 7) is 1.06. The molecule has 60 valence electrons. The van der Waals surface area contributed by atoms with Crippen molar-refractivity contribution in [3.8, 4) is 0 Å². The van der Waals surface area contributed by atoms with Crippen LogP contribution in [0.4, 0.5) is 10.1 Å². The number of hydrogen-bond acceptors (Lipinski definition) is 3. The molecule has 0 radical (unpaired) electrons. The van der Waals surface area contributed by atoms with Crippen LogP contribution < -0.4 is 11.1 Å². The number of nitrogens with zero attached hydrogens (tertiary/aromatic N) is 1. The molecule has 11 heavy (non-hydrogen) atoms. The average molecular weight is 155 g/mol. The van der Waals surface area contributed by atoms with E-state index >= 15 is 0 Å². The second kappa shape index (κ2) is 3.88. The molecule has 0 fully saturated rings. The standard InChI is InChI=1S/C7H10FN3/c8-6-5-10-3-1-7(6)11-4-2-9/h1,3,5H,2,4,9H2,(H,10,11). The van der Waals surface area contributed by atoms with Gasteiger partial charge in [0.15, 0.2) is 5.82 Å². The van der Waals surface area contributed by atoms with Gasteiger partial charge in [0.1, 0.15) is 0 Å². The number of aromatic nitrogens is 1. The summed E-state index contributed by atoms with van der Waals surface area (Å²) in [6.07, 6.45) is 2.70. The molecule has 0 unspecified atom stereocenters. The smallest absolute Gasteiger partial charge is 0.164 e. The van der Waals surface area contributed by atoms with E-state index < -0.39 is 0 Å². The van der Waals surface area contributed by atoms with Crippen LogP contribution in [0.5, 0.6) is 0 Å². The fraction of sp³-hybridized carbons (Fsp3) is 0.286. The van der Waals surface area contributed by atoms with E-state index in [-0.39, 0.29) is 5.82 Å². The zero-order chi connectivity index (χ0) is 8.10. The van der Waals surface area contributed by atoms with Crippen LogP contribution in [0.2, 0.25) is 0 Å². The molecule has 1 rings (SSSR count). The summed E-state index contributed by atoms with van der Waals surface area (Å²) < 4.78 is 12.7. The predicted octanol–water partition coefficient (Wildman–Crippen LogP) is 0.591. The number of hydrogen-bond donors (Lipinski definition) is 2. The van der Waals surface area contributed by atoms with Gasteiger partial charge >= 0.3 is 0 Å². The summed E-state index contributed by atoms with van der Waals surface area (Å²) in [4.78, 5) is 3.61. The molecule has 3 N–H and O–H groups in total. The highest BCUT2D eigenvalue weighted by molar-refractivity contribution is 5.42. The topological polar surface area (TPSA) is 50.9 Å². The minimum absolute atomic E-state index is 0.346. The molecule has 0 amide bonds. The molecule has 0 spiro atoms. The third-order valence-electron chi connectivity index (χ3n) is 1.23. The SMILES string of the molecule is NCCNc1ccncc1F. The van der Waals surface area contributed by atoms with E-state index in [4.69, 9.17) is 5.73 Å². The summed E-state index contributed by atoms with van der Waals surface area (Å²) >= 11 is 0. The van der Waals surface area contributed by atoms with Gasteiger partial charge in [0.2, 0.25) is 0 Å². The van der Waals surface area contributed by atoms with Gasteiger partial charge in [-0.2, -0.15) is 0 Å². The van der Waals surface area contributed by atoms with E-state index in [1.54, 1.807) is 6.07 Å². The summed E-state index contributed by atoms with van der Waals surface area (Å²) in [5, 5.41) is 2.82. The second-order valence-electron chi connectivity index (χ2n) is 2.07. The molecule has 4 heteroatoms. The Morgan fingerprint density at radius 1 is 1.64 bits per heavy atom. The van der Waals surface area contributed by atoms with Crippen molar-refractivity contribution in [3.63, 3.8) is 0 Å². The van der Waals surface area contributed by atoms with E-state index in [0.29, 0.717) is 18.8 Å². The number of anilines is 1. The minimum atomic E-state index is -0.346. The summed E-state index contributed by atoms with van der Waals surface area (Å²) in [6, 6.07) is 1.57. The minimum Gasteiger partial charge on any atom is -0.381 e. The molecule has 0 aliphatic rings. The molecule has 1 aromatic rings. The highest BCUT2D eigenvalue weighted by atomic mass is 19.1. The van der Waals surface area contributed by atoms with Gasteiger partial charge in [-0.3, -0.25) is 4.98 Å². The Morgan fingerprint density at radius 2 is 2.45 bits per heavy atom. The maximum absolute atomic E-state index is 12.7. The summed E-state index contributed by atoms with van der Waals surface area (Å²) in [5.41, 5.74) is 5.68. The Hall–Kier alpha value is -1.16. The molecular weight excluding hydrogens is 145 g/mol. The van der Waals surface area contributed by atoms with Crippen LogP contribution >= 0.6 is 0 Å². The first kappa shape index (κ1) is 7.94. The van der Waals surface area contributed by atoms with Crippen LogP contribution in [-0.2, 0) is 0 Å². The van der Waals surface area contributed by atoms with Gasteiger partial charge in [-0.25, -0.2) is 4.39 Å². The Balaban J connectivity index is 2.62. The first-order valence-electron chi connectivity index (χ1n) is 3.38. The lowest BCUT2D eigenvalue weighted by molar-refractivity contribution is 0.624. The second-order valence-corrected chi connectivity index (χ2v) is 2.07. The third-order valence-corrected chi connectivity index (χ3v) is 1.23. The van der Waals surface area contributed by atoms with Gasteiger partial charge in [0, 0.05) is 19.3 Å². The molecule has 1 heterocycles. The molecule has 0 aliphatic carbocycles. The van der Waals surface area contributed by atoms with Gasteiger partial charge in [0.25, 0.3) is 0 Å². The Bertz CT molecular complexity index is 227. The lowest BCUT2D eigenvalue weighted by Crippen LogP contribution is -2.13. The monoisotopic (exact) mass is 155 g/mol. The van der Waals surface area contributed by atoms with Crippen molar-refractivity contribution in [2.75, 3.05) is 18.4 Å².